The van der Waals surface area contributed by atoms with E-state index in [1.54, 1.807) is 12.4 Å². The Morgan fingerprint density at radius 1 is 1.33 bits per heavy atom. The molecule has 1 aromatic heterocycles. The van der Waals surface area contributed by atoms with Crippen molar-refractivity contribution in [3.8, 4) is 0 Å². The van der Waals surface area contributed by atoms with Gasteiger partial charge < -0.3 is 10.6 Å². The molecule has 0 spiro atoms. The largest absolute Gasteiger partial charge is 0.385 e. The van der Waals surface area contributed by atoms with E-state index in [0.29, 0.717) is 0 Å². The third-order valence-corrected chi connectivity index (χ3v) is 3.87. The quantitative estimate of drug-likeness (QED) is 0.909. The van der Waals surface area contributed by atoms with Gasteiger partial charge in [-0.2, -0.15) is 0 Å². The van der Waals surface area contributed by atoms with Gasteiger partial charge in [0.15, 0.2) is 0 Å². The smallest absolute Gasteiger partial charge is 0.252 e. The minimum atomic E-state index is -0.0568. The van der Waals surface area contributed by atoms with Crippen LogP contribution in [0.5, 0.6) is 0 Å². The maximum atomic E-state index is 12.5. The maximum Gasteiger partial charge on any atom is 0.252 e. The van der Waals surface area contributed by atoms with Crippen LogP contribution in [0.25, 0.3) is 0 Å². The average Bonchev–Trinajstić information content (AvgIpc) is 2.55. The van der Waals surface area contributed by atoms with Crippen LogP contribution in [0, 0.1) is 0 Å². The Hall–Kier alpha value is -2.36. The first-order chi connectivity index (χ1) is 10.3. The SMILES string of the molecule is C[C@@H](NC(=O)c1cccc2c1CCCN2)c1cccnc1. The third-order valence-electron chi connectivity index (χ3n) is 3.87. The highest BCUT2D eigenvalue weighted by Crippen LogP contribution is 2.25. The lowest BCUT2D eigenvalue weighted by Crippen LogP contribution is -2.28. The van der Waals surface area contributed by atoms with Crippen molar-refractivity contribution in [2.75, 3.05) is 11.9 Å². The number of carbonyl (C=O) groups is 1. The van der Waals surface area contributed by atoms with Crippen molar-refractivity contribution in [2.45, 2.75) is 25.8 Å². The molecule has 1 aliphatic heterocycles. The summed E-state index contributed by atoms with van der Waals surface area (Å²) in [4.78, 5) is 16.6. The summed E-state index contributed by atoms with van der Waals surface area (Å²) in [6, 6.07) is 9.67. The molecule has 4 nitrogen and oxygen atoms in total. The highest BCUT2D eigenvalue weighted by Gasteiger charge is 2.18. The molecule has 4 heteroatoms. The highest BCUT2D eigenvalue weighted by atomic mass is 16.1. The molecule has 21 heavy (non-hydrogen) atoms. The van der Waals surface area contributed by atoms with Crippen molar-refractivity contribution in [1.29, 1.82) is 0 Å². The predicted molar refractivity (Wildman–Crippen MR) is 83.4 cm³/mol. The monoisotopic (exact) mass is 281 g/mol. The van der Waals surface area contributed by atoms with Crippen molar-refractivity contribution in [3.05, 3.63) is 59.4 Å². The van der Waals surface area contributed by atoms with Crippen LogP contribution in [-0.4, -0.2) is 17.4 Å². The summed E-state index contributed by atoms with van der Waals surface area (Å²) in [5.74, 6) is -0.0214. The molecule has 3 rings (SSSR count). The second-order valence-electron chi connectivity index (χ2n) is 5.34. The van der Waals surface area contributed by atoms with Gasteiger partial charge in [-0.3, -0.25) is 9.78 Å². The van der Waals surface area contributed by atoms with E-state index in [-0.39, 0.29) is 11.9 Å². The molecule has 0 radical (unpaired) electrons. The second kappa shape index (κ2) is 5.95. The molecule has 0 unspecified atom stereocenters. The van der Waals surface area contributed by atoms with Crippen molar-refractivity contribution in [3.63, 3.8) is 0 Å². The lowest BCUT2D eigenvalue weighted by molar-refractivity contribution is 0.0939. The molecule has 0 saturated carbocycles. The molecule has 1 amide bonds. The van der Waals surface area contributed by atoms with E-state index in [0.717, 1.165) is 41.8 Å². The number of nitrogens with one attached hydrogen (secondary N) is 2. The van der Waals surface area contributed by atoms with E-state index >= 15 is 0 Å². The zero-order valence-electron chi connectivity index (χ0n) is 12.1. The van der Waals surface area contributed by atoms with Crippen molar-refractivity contribution < 1.29 is 4.79 Å². The Kier molecular flexibility index (Phi) is 3.86. The van der Waals surface area contributed by atoms with Crippen molar-refractivity contribution >= 4 is 11.6 Å². The number of pyridine rings is 1. The summed E-state index contributed by atoms with van der Waals surface area (Å²) in [5.41, 5.74) is 3.99. The van der Waals surface area contributed by atoms with Crippen LogP contribution in [0.15, 0.2) is 42.7 Å². The van der Waals surface area contributed by atoms with Gasteiger partial charge in [0, 0.05) is 30.2 Å². The number of hydrogen-bond acceptors (Lipinski definition) is 3. The van der Waals surface area contributed by atoms with E-state index in [1.807, 2.05) is 37.3 Å². The van der Waals surface area contributed by atoms with E-state index < -0.39 is 0 Å². The number of anilines is 1. The molecule has 0 aliphatic carbocycles. The Morgan fingerprint density at radius 3 is 3.05 bits per heavy atom. The predicted octanol–water partition coefficient (Wildman–Crippen LogP) is 2.93. The van der Waals surface area contributed by atoms with Gasteiger partial charge in [0.1, 0.15) is 0 Å². The molecule has 1 aromatic carbocycles. The Balaban J connectivity index is 1.80. The lowest BCUT2D eigenvalue weighted by atomic mass is 9.97. The van der Waals surface area contributed by atoms with Crippen LogP contribution < -0.4 is 10.6 Å². The summed E-state index contributed by atoms with van der Waals surface area (Å²) in [6.45, 7) is 2.95. The molecule has 108 valence electrons. The molecule has 0 saturated heterocycles. The zero-order chi connectivity index (χ0) is 14.7. The third kappa shape index (κ3) is 2.89. The first-order valence-electron chi connectivity index (χ1n) is 7.32. The van der Waals surface area contributed by atoms with Gasteiger partial charge in [-0.05, 0) is 49.1 Å². The fourth-order valence-corrected chi connectivity index (χ4v) is 2.71. The number of benzene rings is 1. The first-order valence-corrected chi connectivity index (χ1v) is 7.32. The number of aromatic nitrogens is 1. The number of nitrogens with zero attached hydrogens (tertiary/aromatic N) is 1. The summed E-state index contributed by atoms with van der Waals surface area (Å²) >= 11 is 0. The fraction of sp³-hybridized carbons (Fsp3) is 0.294. The first kappa shape index (κ1) is 13.6. The summed E-state index contributed by atoms with van der Waals surface area (Å²) in [5, 5.41) is 6.41. The second-order valence-corrected chi connectivity index (χ2v) is 5.34. The van der Waals surface area contributed by atoms with Gasteiger partial charge in [-0.15, -0.1) is 0 Å². The van der Waals surface area contributed by atoms with Crippen LogP contribution in [0.2, 0.25) is 0 Å². The molecule has 1 aliphatic rings. The number of carbonyl (C=O) groups excluding carboxylic acids is 1. The van der Waals surface area contributed by atoms with Crippen LogP contribution >= 0.6 is 0 Å². The molecule has 0 bridgehead atoms. The number of rotatable bonds is 3. The van der Waals surface area contributed by atoms with Crippen molar-refractivity contribution in [1.82, 2.24) is 10.3 Å². The fourth-order valence-electron chi connectivity index (χ4n) is 2.71. The normalized spacial score (nSPS) is 14.7. The standard InChI is InChI=1S/C17H19N3O/c1-12(13-5-3-9-18-11-13)20-17(21)15-6-2-8-16-14(15)7-4-10-19-16/h2-3,5-6,8-9,11-12,19H,4,7,10H2,1H3,(H,20,21)/t12-/m1/s1. The van der Waals surface area contributed by atoms with Crippen LogP contribution in [0.1, 0.15) is 40.9 Å². The summed E-state index contributed by atoms with van der Waals surface area (Å²) < 4.78 is 0. The Labute approximate surface area is 124 Å². The van der Waals surface area contributed by atoms with Gasteiger partial charge in [-0.25, -0.2) is 0 Å². The topological polar surface area (TPSA) is 54.0 Å². The number of fused-ring (bicyclic) bond motifs is 1. The van der Waals surface area contributed by atoms with Gasteiger partial charge >= 0.3 is 0 Å². The molecule has 2 N–H and O–H groups in total. The van der Waals surface area contributed by atoms with Gasteiger partial charge in [0.25, 0.3) is 5.91 Å². The summed E-state index contributed by atoms with van der Waals surface area (Å²) in [7, 11) is 0. The molecule has 0 fully saturated rings. The van der Waals surface area contributed by atoms with Crippen LogP contribution in [0.3, 0.4) is 0 Å². The zero-order valence-corrected chi connectivity index (χ0v) is 12.1. The highest BCUT2D eigenvalue weighted by molar-refractivity contribution is 5.97. The van der Waals surface area contributed by atoms with Crippen LogP contribution in [0.4, 0.5) is 5.69 Å². The van der Waals surface area contributed by atoms with Gasteiger partial charge in [0.2, 0.25) is 0 Å². The van der Waals surface area contributed by atoms with Crippen LogP contribution in [-0.2, 0) is 6.42 Å². The Morgan fingerprint density at radius 2 is 2.24 bits per heavy atom. The molecule has 2 heterocycles. The van der Waals surface area contributed by atoms with E-state index in [9.17, 15) is 4.79 Å². The lowest BCUT2D eigenvalue weighted by Gasteiger charge is -2.21. The summed E-state index contributed by atoms with van der Waals surface area (Å²) in [6.07, 6.45) is 5.53. The number of amides is 1. The van der Waals surface area contributed by atoms with Gasteiger partial charge in [-0.1, -0.05) is 12.1 Å². The molecular weight excluding hydrogens is 262 g/mol. The minimum Gasteiger partial charge on any atom is -0.385 e. The molecule has 1 atom stereocenters. The average molecular weight is 281 g/mol. The van der Waals surface area contributed by atoms with Gasteiger partial charge in [0.05, 0.1) is 6.04 Å². The minimum absolute atomic E-state index is 0.0214. The van der Waals surface area contributed by atoms with E-state index in [4.69, 9.17) is 0 Å². The molecule has 2 aromatic rings. The Bertz CT molecular complexity index is 640. The van der Waals surface area contributed by atoms with E-state index in [1.165, 1.54) is 0 Å². The molecular formula is C17H19N3O. The maximum absolute atomic E-state index is 12.5. The number of hydrogen-bond donors (Lipinski definition) is 2. The van der Waals surface area contributed by atoms with Crippen molar-refractivity contribution in [2.24, 2.45) is 0 Å². The van der Waals surface area contributed by atoms with E-state index in [2.05, 4.69) is 15.6 Å².